The van der Waals surface area contributed by atoms with Gasteiger partial charge in [0.1, 0.15) is 0 Å². The molecule has 1 aliphatic rings. The third kappa shape index (κ3) is 10.4. The molecular formula is C17H36IN3O2. The van der Waals surface area contributed by atoms with Crippen LogP contribution in [0.15, 0.2) is 4.99 Å². The third-order valence-electron chi connectivity index (χ3n) is 3.82. The first-order chi connectivity index (χ1) is 10.6. The highest BCUT2D eigenvalue weighted by atomic mass is 127. The second-order valence-electron chi connectivity index (χ2n) is 6.65. The molecule has 1 N–H and O–H groups in total. The molecule has 1 aliphatic heterocycles. The van der Waals surface area contributed by atoms with Crippen LogP contribution in [0, 0.1) is 5.41 Å². The van der Waals surface area contributed by atoms with E-state index in [9.17, 15) is 0 Å². The average Bonchev–Trinajstić information content (AvgIpc) is 2.84. The minimum atomic E-state index is 0. The standard InChI is InChI=1S/C17H35N3O2.HI/c1-5-7-11-21-13-14-22-12-9-19-16(18-6-2)20-10-8-17(3,4)15-20;/h5-15H2,1-4H3,(H,18,19);1H. The first kappa shape index (κ1) is 22.9. The lowest BCUT2D eigenvalue weighted by Crippen LogP contribution is -2.41. The van der Waals surface area contributed by atoms with Crippen LogP contribution in [0.2, 0.25) is 0 Å². The van der Waals surface area contributed by atoms with E-state index in [4.69, 9.17) is 9.47 Å². The van der Waals surface area contributed by atoms with Crippen LogP contribution in [-0.4, -0.2) is 63.5 Å². The number of nitrogens with one attached hydrogen (secondary N) is 1. The molecule has 0 spiro atoms. The van der Waals surface area contributed by atoms with Crippen molar-refractivity contribution in [2.45, 2.75) is 47.0 Å². The highest BCUT2D eigenvalue weighted by Gasteiger charge is 2.30. The molecule has 0 unspecified atom stereocenters. The van der Waals surface area contributed by atoms with E-state index >= 15 is 0 Å². The summed E-state index contributed by atoms with van der Waals surface area (Å²) in [7, 11) is 0. The smallest absolute Gasteiger partial charge is 0.194 e. The second kappa shape index (κ2) is 13.2. The van der Waals surface area contributed by atoms with E-state index in [2.05, 4.69) is 42.9 Å². The fraction of sp³-hybridized carbons (Fsp3) is 0.941. The zero-order valence-electron chi connectivity index (χ0n) is 15.4. The quantitative estimate of drug-likeness (QED) is 0.245. The molecule has 138 valence electrons. The first-order valence-electron chi connectivity index (χ1n) is 8.78. The molecule has 0 aromatic heterocycles. The number of nitrogens with zero attached hydrogens (tertiary/aromatic N) is 2. The molecule has 1 saturated heterocycles. The topological polar surface area (TPSA) is 46.1 Å². The van der Waals surface area contributed by atoms with Gasteiger partial charge < -0.3 is 19.7 Å². The van der Waals surface area contributed by atoms with Crippen molar-refractivity contribution in [3.05, 3.63) is 0 Å². The number of aliphatic imine (C=N–C) groups is 1. The fourth-order valence-corrected chi connectivity index (χ4v) is 2.50. The molecular weight excluding hydrogens is 405 g/mol. The second-order valence-corrected chi connectivity index (χ2v) is 6.65. The van der Waals surface area contributed by atoms with Crippen molar-refractivity contribution < 1.29 is 9.47 Å². The molecule has 5 nitrogen and oxygen atoms in total. The maximum Gasteiger partial charge on any atom is 0.194 e. The van der Waals surface area contributed by atoms with Gasteiger partial charge in [-0.3, -0.25) is 4.99 Å². The zero-order chi connectivity index (χ0) is 16.3. The van der Waals surface area contributed by atoms with Crippen LogP contribution in [0.3, 0.4) is 0 Å². The Balaban J connectivity index is 0.00000484. The minimum Gasteiger partial charge on any atom is -0.379 e. The molecule has 0 bridgehead atoms. The van der Waals surface area contributed by atoms with E-state index in [1.165, 1.54) is 12.8 Å². The highest BCUT2D eigenvalue weighted by molar-refractivity contribution is 14.0. The normalized spacial score (nSPS) is 17.2. The summed E-state index contributed by atoms with van der Waals surface area (Å²) in [5.41, 5.74) is 0.391. The Morgan fingerprint density at radius 2 is 1.83 bits per heavy atom. The number of likely N-dealkylation sites (tertiary alicyclic amines) is 1. The van der Waals surface area contributed by atoms with E-state index in [0.717, 1.165) is 38.6 Å². The van der Waals surface area contributed by atoms with Crippen LogP contribution in [0.1, 0.15) is 47.0 Å². The van der Waals surface area contributed by atoms with Crippen LogP contribution in [0.5, 0.6) is 0 Å². The Morgan fingerprint density at radius 3 is 2.39 bits per heavy atom. The summed E-state index contributed by atoms with van der Waals surface area (Å²) in [4.78, 5) is 7.03. The van der Waals surface area contributed by atoms with E-state index in [0.29, 0.717) is 31.8 Å². The third-order valence-corrected chi connectivity index (χ3v) is 3.82. The molecule has 0 radical (unpaired) electrons. The van der Waals surface area contributed by atoms with Gasteiger partial charge in [-0.25, -0.2) is 0 Å². The Hall–Kier alpha value is -0.0800. The van der Waals surface area contributed by atoms with Crippen LogP contribution in [-0.2, 0) is 9.47 Å². The summed E-state index contributed by atoms with van der Waals surface area (Å²) in [5.74, 6) is 1.02. The Morgan fingerprint density at radius 1 is 1.13 bits per heavy atom. The van der Waals surface area contributed by atoms with Gasteiger partial charge in [-0.05, 0) is 25.2 Å². The number of halogens is 1. The largest absolute Gasteiger partial charge is 0.379 e. The fourth-order valence-electron chi connectivity index (χ4n) is 2.50. The van der Waals surface area contributed by atoms with Crippen molar-refractivity contribution in [2.75, 3.05) is 52.6 Å². The zero-order valence-corrected chi connectivity index (χ0v) is 17.7. The molecule has 23 heavy (non-hydrogen) atoms. The van der Waals surface area contributed by atoms with E-state index in [-0.39, 0.29) is 24.0 Å². The van der Waals surface area contributed by atoms with Gasteiger partial charge in [-0.15, -0.1) is 24.0 Å². The lowest BCUT2D eigenvalue weighted by atomic mass is 9.93. The summed E-state index contributed by atoms with van der Waals surface area (Å²) < 4.78 is 11.0. The van der Waals surface area contributed by atoms with Gasteiger partial charge in [-0.2, -0.15) is 0 Å². The molecule has 6 heteroatoms. The van der Waals surface area contributed by atoms with Crippen molar-refractivity contribution in [3.8, 4) is 0 Å². The van der Waals surface area contributed by atoms with Crippen molar-refractivity contribution in [2.24, 2.45) is 10.4 Å². The molecule has 0 saturated carbocycles. The Bertz CT molecular complexity index is 325. The predicted molar refractivity (Wildman–Crippen MR) is 108 cm³/mol. The van der Waals surface area contributed by atoms with Gasteiger partial charge >= 0.3 is 0 Å². The van der Waals surface area contributed by atoms with E-state index in [1.54, 1.807) is 0 Å². The summed E-state index contributed by atoms with van der Waals surface area (Å²) in [5, 5.41) is 3.38. The number of guanidine groups is 1. The summed E-state index contributed by atoms with van der Waals surface area (Å²) in [6.45, 7) is 15.5. The SMILES string of the molecule is CCCCOCCOCCN=C(NCC)N1CCC(C)(C)C1.I. The van der Waals surface area contributed by atoms with Gasteiger partial charge in [0.2, 0.25) is 0 Å². The van der Waals surface area contributed by atoms with Gasteiger partial charge in [-0.1, -0.05) is 27.2 Å². The number of ether oxygens (including phenoxy) is 2. The molecule has 0 amide bonds. The van der Waals surface area contributed by atoms with Crippen molar-refractivity contribution >= 4 is 29.9 Å². The number of unbranched alkanes of at least 4 members (excludes halogenated alkanes) is 1. The molecule has 1 fully saturated rings. The lowest BCUT2D eigenvalue weighted by molar-refractivity contribution is 0.0497. The van der Waals surface area contributed by atoms with E-state index in [1.807, 2.05) is 0 Å². The van der Waals surface area contributed by atoms with Crippen molar-refractivity contribution in [1.29, 1.82) is 0 Å². The monoisotopic (exact) mass is 441 g/mol. The van der Waals surface area contributed by atoms with Gasteiger partial charge in [0.25, 0.3) is 0 Å². The van der Waals surface area contributed by atoms with Crippen LogP contribution in [0.25, 0.3) is 0 Å². The van der Waals surface area contributed by atoms with Crippen LogP contribution >= 0.6 is 24.0 Å². The van der Waals surface area contributed by atoms with Crippen molar-refractivity contribution in [3.63, 3.8) is 0 Å². The molecule has 0 aromatic carbocycles. The Kier molecular flexibility index (Phi) is 13.2. The Labute approximate surface area is 159 Å². The number of hydrogen-bond donors (Lipinski definition) is 1. The van der Waals surface area contributed by atoms with Gasteiger partial charge in [0.05, 0.1) is 26.4 Å². The molecule has 0 aliphatic carbocycles. The summed E-state index contributed by atoms with van der Waals surface area (Å²) in [6, 6.07) is 0. The minimum absolute atomic E-state index is 0. The average molecular weight is 441 g/mol. The molecule has 1 heterocycles. The highest BCUT2D eigenvalue weighted by Crippen LogP contribution is 2.28. The van der Waals surface area contributed by atoms with Gasteiger partial charge in [0.15, 0.2) is 5.96 Å². The number of hydrogen-bond acceptors (Lipinski definition) is 3. The maximum absolute atomic E-state index is 5.57. The van der Waals surface area contributed by atoms with Crippen molar-refractivity contribution in [1.82, 2.24) is 10.2 Å². The van der Waals surface area contributed by atoms with E-state index < -0.39 is 0 Å². The molecule has 0 atom stereocenters. The number of rotatable bonds is 10. The van der Waals surface area contributed by atoms with Crippen LogP contribution < -0.4 is 5.32 Å². The summed E-state index contributed by atoms with van der Waals surface area (Å²) >= 11 is 0. The van der Waals surface area contributed by atoms with Gasteiger partial charge in [0, 0.05) is 26.2 Å². The van der Waals surface area contributed by atoms with Crippen LogP contribution in [0.4, 0.5) is 0 Å². The lowest BCUT2D eigenvalue weighted by Gasteiger charge is -2.23. The summed E-state index contributed by atoms with van der Waals surface area (Å²) in [6.07, 6.45) is 3.53. The predicted octanol–water partition coefficient (Wildman–Crippen LogP) is 3.14. The molecule has 0 aromatic rings. The first-order valence-corrected chi connectivity index (χ1v) is 8.78. The maximum atomic E-state index is 5.57. The molecule has 1 rings (SSSR count).